The number of nitrogens with zero attached hydrogens (tertiary/aromatic N) is 1. The smallest absolute Gasteiger partial charge is 0.227 e. The molecular weight excluding hydrogens is 236 g/mol. The van der Waals surface area contributed by atoms with Gasteiger partial charge in [-0.05, 0) is 48.9 Å². The van der Waals surface area contributed by atoms with E-state index in [4.69, 9.17) is 0 Å². The first-order valence-corrected chi connectivity index (χ1v) is 7.43. The number of carbonyl (C=O) groups is 1. The van der Waals surface area contributed by atoms with Gasteiger partial charge in [-0.2, -0.15) is 0 Å². The van der Waals surface area contributed by atoms with Gasteiger partial charge in [0.25, 0.3) is 0 Å². The van der Waals surface area contributed by atoms with E-state index < -0.39 is 0 Å². The molecule has 19 heavy (non-hydrogen) atoms. The summed E-state index contributed by atoms with van der Waals surface area (Å²) in [6.45, 7) is 3.87. The molecule has 3 heteroatoms. The Hall–Kier alpha value is -1.35. The molecule has 1 saturated heterocycles. The molecule has 0 saturated carbocycles. The maximum absolute atomic E-state index is 12.4. The average molecular weight is 258 g/mol. The lowest BCUT2D eigenvalue weighted by Crippen LogP contribution is -2.37. The van der Waals surface area contributed by atoms with E-state index in [9.17, 15) is 4.79 Å². The van der Waals surface area contributed by atoms with Gasteiger partial charge in [-0.15, -0.1) is 0 Å². The summed E-state index contributed by atoms with van der Waals surface area (Å²) in [6, 6.07) is 6.42. The summed E-state index contributed by atoms with van der Waals surface area (Å²) in [4.78, 5) is 14.4. The van der Waals surface area contributed by atoms with Crippen LogP contribution in [0.25, 0.3) is 0 Å². The Morgan fingerprint density at radius 2 is 2.05 bits per heavy atom. The third-order valence-corrected chi connectivity index (χ3v) is 4.29. The molecule has 0 bridgehead atoms. The minimum Gasteiger partial charge on any atom is -0.342 e. The summed E-state index contributed by atoms with van der Waals surface area (Å²) < 4.78 is 0. The van der Waals surface area contributed by atoms with Crippen LogP contribution in [0.4, 0.5) is 0 Å². The van der Waals surface area contributed by atoms with Crippen molar-refractivity contribution in [3.8, 4) is 0 Å². The van der Waals surface area contributed by atoms with Gasteiger partial charge in [0.05, 0.1) is 6.42 Å². The van der Waals surface area contributed by atoms with Crippen LogP contribution in [0.5, 0.6) is 0 Å². The molecule has 0 atom stereocenters. The Balaban J connectivity index is 1.74. The molecule has 1 fully saturated rings. The lowest BCUT2D eigenvalue weighted by molar-refractivity contribution is -0.131. The highest BCUT2D eigenvalue weighted by molar-refractivity contribution is 5.79. The van der Waals surface area contributed by atoms with Gasteiger partial charge in [-0.3, -0.25) is 4.79 Å². The predicted molar refractivity (Wildman–Crippen MR) is 76.0 cm³/mol. The van der Waals surface area contributed by atoms with E-state index in [1.807, 2.05) is 4.90 Å². The second-order valence-electron chi connectivity index (χ2n) is 5.60. The minimum atomic E-state index is 0.304. The maximum atomic E-state index is 12.4. The van der Waals surface area contributed by atoms with E-state index >= 15 is 0 Å². The number of piperidine rings is 1. The van der Waals surface area contributed by atoms with E-state index in [0.717, 1.165) is 32.6 Å². The van der Waals surface area contributed by atoms with Crippen LogP contribution < -0.4 is 5.32 Å². The fraction of sp³-hybridized carbons (Fsp3) is 0.562. The summed E-state index contributed by atoms with van der Waals surface area (Å²) in [5, 5.41) is 3.41. The van der Waals surface area contributed by atoms with Crippen molar-refractivity contribution in [2.75, 3.05) is 19.6 Å². The Kier molecular flexibility index (Phi) is 3.83. The highest BCUT2D eigenvalue weighted by Crippen LogP contribution is 2.20. The molecule has 0 aromatic heterocycles. The molecule has 1 aromatic rings. The van der Waals surface area contributed by atoms with E-state index in [1.54, 1.807) is 0 Å². The van der Waals surface area contributed by atoms with Crippen LogP contribution in [-0.4, -0.2) is 30.4 Å². The molecule has 2 aliphatic rings. The van der Waals surface area contributed by atoms with Gasteiger partial charge >= 0.3 is 0 Å². The van der Waals surface area contributed by atoms with Crippen molar-refractivity contribution in [2.24, 2.45) is 0 Å². The molecule has 1 aromatic carbocycles. The molecule has 3 rings (SSSR count). The Bertz CT molecular complexity index is 464. The average Bonchev–Trinajstić information content (AvgIpc) is 2.48. The summed E-state index contributed by atoms with van der Waals surface area (Å²) in [7, 11) is 0. The normalized spacial score (nSPS) is 19.1. The first-order valence-electron chi connectivity index (χ1n) is 7.43. The van der Waals surface area contributed by atoms with Crippen molar-refractivity contribution in [3.05, 3.63) is 34.9 Å². The number of carbonyl (C=O) groups excluding carboxylic acids is 1. The summed E-state index contributed by atoms with van der Waals surface area (Å²) in [6.07, 6.45) is 5.26. The molecule has 0 spiro atoms. The number of rotatable bonds is 2. The van der Waals surface area contributed by atoms with Crippen molar-refractivity contribution in [1.82, 2.24) is 10.2 Å². The monoisotopic (exact) mass is 258 g/mol. The minimum absolute atomic E-state index is 0.304. The SMILES string of the molecule is O=C(Cc1cccc2c1CNCC2)N1CCCCC1. The van der Waals surface area contributed by atoms with Crippen molar-refractivity contribution in [1.29, 1.82) is 0 Å². The lowest BCUT2D eigenvalue weighted by Gasteiger charge is -2.27. The highest BCUT2D eigenvalue weighted by atomic mass is 16.2. The van der Waals surface area contributed by atoms with Crippen LogP contribution in [0.1, 0.15) is 36.0 Å². The molecule has 2 aliphatic heterocycles. The molecule has 102 valence electrons. The van der Waals surface area contributed by atoms with Gasteiger partial charge < -0.3 is 10.2 Å². The largest absolute Gasteiger partial charge is 0.342 e. The first-order chi connectivity index (χ1) is 9.34. The third kappa shape index (κ3) is 2.81. The van der Waals surface area contributed by atoms with E-state index in [1.165, 1.54) is 36.0 Å². The maximum Gasteiger partial charge on any atom is 0.227 e. The number of fused-ring (bicyclic) bond motifs is 1. The van der Waals surface area contributed by atoms with Crippen molar-refractivity contribution < 1.29 is 4.79 Å². The van der Waals surface area contributed by atoms with Crippen LogP contribution in [0, 0.1) is 0 Å². The zero-order chi connectivity index (χ0) is 13.1. The number of benzene rings is 1. The number of hydrogen-bond acceptors (Lipinski definition) is 2. The summed E-state index contributed by atoms with van der Waals surface area (Å²) in [5.41, 5.74) is 4.00. The van der Waals surface area contributed by atoms with Crippen LogP contribution >= 0.6 is 0 Å². The van der Waals surface area contributed by atoms with Gasteiger partial charge in [0.2, 0.25) is 5.91 Å². The third-order valence-electron chi connectivity index (χ3n) is 4.29. The number of amides is 1. The molecule has 2 heterocycles. The molecular formula is C16H22N2O. The van der Waals surface area contributed by atoms with E-state index in [0.29, 0.717) is 12.3 Å². The fourth-order valence-corrected chi connectivity index (χ4v) is 3.17. The second kappa shape index (κ2) is 5.74. The molecule has 0 aliphatic carbocycles. The van der Waals surface area contributed by atoms with Gasteiger partial charge in [0, 0.05) is 19.6 Å². The second-order valence-corrected chi connectivity index (χ2v) is 5.60. The van der Waals surface area contributed by atoms with Gasteiger partial charge in [-0.1, -0.05) is 18.2 Å². The number of hydrogen-bond donors (Lipinski definition) is 1. The summed E-state index contributed by atoms with van der Waals surface area (Å²) >= 11 is 0. The predicted octanol–water partition coefficient (Wildman–Crippen LogP) is 1.89. The molecule has 0 radical (unpaired) electrons. The quantitative estimate of drug-likeness (QED) is 0.878. The van der Waals surface area contributed by atoms with Crippen molar-refractivity contribution in [2.45, 2.75) is 38.6 Å². The van der Waals surface area contributed by atoms with Gasteiger partial charge in [-0.25, -0.2) is 0 Å². The van der Waals surface area contributed by atoms with Crippen LogP contribution in [0.2, 0.25) is 0 Å². The molecule has 3 nitrogen and oxygen atoms in total. The van der Waals surface area contributed by atoms with Gasteiger partial charge in [0.1, 0.15) is 0 Å². The Morgan fingerprint density at radius 1 is 1.21 bits per heavy atom. The van der Waals surface area contributed by atoms with Crippen LogP contribution in [0.3, 0.4) is 0 Å². The first kappa shape index (κ1) is 12.7. The summed E-state index contributed by atoms with van der Waals surface area (Å²) in [5.74, 6) is 0.304. The fourth-order valence-electron chi connectivity index (χ4n) is 3.17. The number of nitrogens with one attached hydrogen (secondary N) is 1. The Labute approximate surface area is 115 Å². The molecule has 1 amide bonds. The van der Waals surface area contributed by atoms with E-state index in [-0.39, 0.29) is 0 Å². The number of likely N-dealkylation sites (tertiary alicyclic amines) is 1. The molecule has 0 unspecified atom stereocenters. The zero-order valence-electron chi connectivity index (χ0n) is 11.5. The Morgan fingerprint density at radius 3 is 2.89 bits per heavy atom. The van der Waals surface area contributed by atoms with Crippen molar-refractivity contribution >= 4 is 5.91 Å². The van der Waals surface area contributed by atoms with Crippen LogP contribution in [0.15, 0.2) is 18.2 Å². The lowest BCUT2D eigenvalue weighted by atomic mass is 9.94. The van der Waals surface area contributed by atoms with Crippen LogP contribution in [-0.2, 0) is 24.2 Å². The van der Waals surface area contributed by atoms with E-state index in [2.05, 4.69) is 23.5 Å². The van der Waals surface area contributed by atoms with Crippen molar-refractivity contribution in [3.63, 3.8) is 0 Å². The van der Waals surface area contributed by atoms with Gasteiger partial charge in [0.15, 0.2) is 0 Å². The topological polar surface area (TPSA) is 32.3 Å². The zero-order valence-corrected chi connectivity index (χ0v) is 11.5. The standard InChI is InChI=1S/C16H22N2O/c19-16(18-9-2-1-3-10-18)11-14-6-4-5-13-7-8-17-12-15(13)14/h4-6,17H,1-3,7-12H2. The highest BCUT2D eigenvalue weighted by Gasteiger charge is 2.19. The molecule has 1 N–H and O–H groups in total.